The molecule has 1 N–H and O–H groups in total. The summed E-state index contributed by atoms with van der Waals surface area (Å²) >= 11 is 6.10. The van der Waals surface area contributed by atoms with Crippen LogP contribution >= 0.6 is 11.6 Å². The number of rotatable bonds is 7. The van der Waals surface area contributed by atoms with Gasteiger partial charge in [-0.3, -0.25) is 0 Å². The van der Waals surface area contributed by atoms with Crippen molar-refractivity contribution in [3.8, 4) is 0 Å². The molecule has 1 aliphatic rings. The Bertz CT molecular complexity index is 1120. The standard InChI is InChI=1S/C20H24ClFN2O4S2/c1-29(25,26)23-14-15-7-9-24(10-8-15)30(27,28)20-6-5-18(21)13-17(20)11-16-3-2-4-19(22)12-16/h2-6,12-13,15,23H,7-11,14H2,1H3. The van der Waals surface area contributed by atoms with Crippen LogP contribution in [0.4, 0.5) is 4.39 Å². The molecular formula is C20H24ClFN2O4S2. The van der Waals surface area contributed by atoms with Gasteiger partial charge in [-0.15, -0.1) is 0 Å². The second-order valence-electron chi connectivity index (χ2n) is 7.53. The molecule has 3 rings (SSSR count). The second kappa shape index (κ2) is 9.32. The number of hydrogen-bond acceptors (Lipinski definition) is 4. The summed E-state index contributed by atoms with van der Waals surface area (Å²) in [7, 11) is -7.04. The van der Waals surface area contributed by atoms with E-state index in [1.165, 1.54) is 28.6 Å². The fourth-order valence-corrected chi connectivity index (χ4v) is 5.97. The van der Waals surface area contributed by atoms with Crippen molar-refractivity contribution in [1.29, 1.82) is 0 Å². The Morgan fingerprint density at radius 1 is 1.10 bits per heavy atom. The maximum absolute atomic E-state index is 13.6. The average molecular weight is 475 g/mol. The van der Waals surface area contributed by atoms with E-state index in [0.29, 0.717) is 48.6 Å². The Morgan fingerprint density at radius 2 is 1.80 bits per heavy atom. The molecule has 0 radical (unpaired) electrons. The zero-order chi connectivity index (χ0) is 21.9. The first kappa shape index (κ1) is 23.1. The number of nitrogens with one attached hydrogen (secondary N) is 1. The zero-order valence-electron chi connectivity index (χ0n) is 16.5. The average Bonchev–Trinajstić information content (AvgIpc) is 2.66. The molecule has 1 fully saturated rings. The monoisotopic (exact) mass is 474 g/mol. The lowest BCUT2D eigenvalue weighted by Gasteiger charge is -2.31. The molecule has 0 saturated carbocycles. The molecule has 10 heteroatoms. The first-order valence-electron chi connectivity index (χ1n) is 9.52. The third-order valence-electron chi connectivity index (χ3n) is 5.13. The fraction of sp³-hybridized carbons (Fsp3) is 0.400. The number of halogens is 2. The summed E-state index contributed by atoms with van der Waals surface area (Å²) in [6, 6.07) is 10.6. The van der Waals surface area contributed by atoms with Gasteiger partial charge in [-0.05, 0) is 66.6 Å². The molecule has 1 saturated heterocycles. The van der Waals surface area contributed by atoms with Crippen LogP contribution in [-0.4, -0.2) is 47.0 Å². The predicted octanol–water partition coefficient (Wildman–Crippen LogP) is 3.02. The molecule has 2 aromatic rings. The summed E-state index contributed by atoms with van der Waals surface area (Å²) in [6.45, 7) is 0.916. The summed E-state index contributed by atoms with van der Waals surface area (Å²) < 4.78 is 66.6. The minimum atomic E-state index is -3.76. The summed E-state index contributed by atoms with van der Waals surface area (Å²) in [5.74, 6) is -0.299. The van der Waals surface area contributed by atoms with Crippen molar-refractivity contribution in [3.63, 3.8) is 0 Å². The molecule has 0 unspecified atom stereocenters. The normalized spacial score (nSPS) is 16.6. The maximum Gasteiger partial charge on any atom is 0.243 e. The molecule has 0 spiro atoms. The van der Waals surface area contributed by atoms with Gasteiger partial charge in [0.15, 0.2) is 0 Å². The van der Waals surface area contributed by atoms with E-state index >= 15 is 0 Å². The highest BCUT2D eigenvalue weighted by molar-refractivity contribution is 7.89. The number of benzene rings is 2. The molecule has 164 valence electrons. The van der Waals surface area contributed by atoms with Gasteiger partial charge in [0.05, 0.1) is 11.2 Å². The SMILES string of the molecule is CS(=O)(=O)NCC1CCN(S(=O)(=O)c2ccc(Cl)cc2Cc2cccc(F)c2)CC1. The lowest BCUT2D eigenvalue weighted by molar-refractivity contribution is 0.274. The van der Waals surface area contributed by atoms with Gasteiger partial charge in [-0.25, -0.2) is 25.9 Å². The predicted molar refractivity (Wildman–Crippen MR) is 115 cm³/mol. The van der Waals surface area contributed by atoms with Crippen molar-refractivity contribution in [1.82, 2.24) is 9.03 Å². The van der Waals surface area contributed by atoms with Gasteiger partial charge in [0, 0.05) is 24.7 Å². The summed E-state index contributed by atoms with van der Waals surface area (Å²) in [5.41, 5.74) is 1.16. The van der Waals surface area contributed by atoms with E-state index in [2.05, 4.69) is 4.72 Å². The Hall–Kier alpha value is -1.52. The quantitative estimate of drug-likeness (QED) is 0.668. The fourth-order valence-electron chi connectivity index (χ4n) is 3.57. The van der Waals surface area contributed by atoms with E-state index in [0.717, 1.165) is 6.26 Å². The molecule has 1 heterocycles. The topological polar surface area (TPSA) is 83.6 Å². The van der Waals surface area contributed by atoms with Crippen LogP contribution < -0.4 is 4.72 Å². The first-order chi connectivity index (χ1) is 14.0. The zero-order valence-corrected chi connectivity index (χ0v) is 18.9. The van der Waals surface area contributed by atoms with Crippen molar-refractivity contribution >= 4 is 31.6 Å². The smallest absolute Gasteiger partial charge is 0.215 e. The largest absolute Gasteiger partial charge is 0.243 e. The van der Waals surface area contributed by atoms with Crippen LogP contribution in [0.25, 0.3) is 0 Å². The maximum atomic E-state index is 13.6. The van der Waals surface area contributed by atoms with Gasteiger partial charge < -0.3 is 0 Å². The minimum Gasteiger partial charge on any atom is -0.215 e. The van der Waals surface area contributed by atoms with Crippen LogP contribution in [0.1, 0.15) is 24.0 Å². The number of nitrogens with zero attached hydrogens (tertiary/aromatic N) is 1. The summed E-state index contributed by atoms with van der Waals surface area (Å²) in [6.07, 6.45) is 2.47. The highest BCUT2D eigenvalue weighted by atomic mass is 35.5. The molecule has 0 aliphatic carbocycles. The molecule has 0 aromatic heterocycles. The van der Waals surface area contributed by atoms with Gasteiger partial charge in [0.2, 0.25) is 20.0 Å². The van der Waals surface area contributed by atoms with E-state index < -0.39 is 20.0 Å². The summed E-state index contributed by atoms with van der Waals surface area (Å²) in [4.78, 5) is 0.156. The highest BCUT2D eigenvalue weighted by Gasteiger charge is 2.31. The Kier molecular flexibility index (Phi) is 7.19. The number of piperidine rings is 1. The van der Waals surface area contributed by atoms with Gasteiger partial charge in [-0.1, -0.05) is 23.7 Å². The Balaban J connectivity index is 1.78. The van der Waals surface area contributed by atoms with Gasteiger partial charge in [-0.2, -0.15) is 4.31 Å². The van der Waals surface area contributed by atoms with Gasteiger partial charge >= 0.3 is 0 Å². The van der Waals surface area contributed by atoms with Crippen molar-refractivity contribution < 1.29 is 21.2 Å². The third kappa shape index (κ3) is 6.01. The van der Waals surface area contributed by atoms with Crippen LogP contribution in [0.3, 0.4) is 0 Å². The Morgan fingerprint density at radius 3 is 2.43 bits per heavy atom. The van der Waals surface area contributed by atoms with E-state index in [1.54, 1.807) is 18.2 Å². The molecule has 6 nitrogen and oxygen atoms in total. The van der Waals surface area contributed by atoms with Crippen molar-refractivity contribution in [3.05, 3.63) is 64.4 Å². The minimum absolute atomic E-state index is 0.0863. The lowest BCUT2D eigenvalue weighted by Crippen LogP contribution is -2.41. The van der Waals surface area contributed by atoms with E-state index in [1.807, 2.05) is 0 Å². The van der Waals surface area contributed by atoms with Crippen LogP contribution in [0.2, 0.25) is 5.02 Å². The lowest BCUT2D eigenvalue weighted by atomic mass is 9.99. The summed E-state index contributed by atoms with van der Waals surface area (Å²) in [5, 5.41) is 0.408. The van der Waals surface area contributed by atoms with Crippen LogP contribution in [0.15, 0.2) is 47.4 Å². The van der Waals surface area contributed by atoms with E-state index in [4.69, 9.17) is 11.6 Å². The Labute approximate surface area is 182 Å². The van der Waals surface area contributed by atoms with Crippen molar-refractivity contribution in [2.45, 2.75) is 24.2 Å². The first-order valence-corrected chi connectivity index (χ1v) is 13.2. The highest BCUT2D eigenvalue weighted by Crippen LogP contribution is 2.29. The van der Waals surface area contributed by atoms with Crippen molar-refractivity contribution in [2.24, 2.45) is 5.92 Å². The van der Waals surface area contributed by atoms with Gasteiger partial charge in [0.25, 0.3) is 0 Å². The van der Waals surface area contributed by atoms with E-state index in [-0.39, 0.29) is 23.1 Å². The van der Waals surface area contributed by atoms with E-state index in [9.17, 15) is 21.2 Å². The molecule has 2 aromatic carbocycles. The molecule has 0 atom stereocenters. The molecule has 0 amide bonds. The molecule has 0 bridgehead atoms. The van der Waals surface area contributed by atoms with Crippen LogP contribution in [0, 0.1) is 11.7 Å². The third-order valence-corrected chi connectivity index (χ3v) is 8.06. The van der Waals surface area contributed by atoms with Crippen LogP contribution in [0.5, 0.6) is 0 Å². The molecule has 30 heavy (non-hydrogen) atoms. The molecular weight excluding hydrogens is 451 g/mol. The van der Waals surface area contributed by atoms with Crippen molar-refractivity contribution in [2.75, 3.05) is 25.9 Å². The number of sulfonamides is 2. The van der Waals surface area contributed by atoms with Crippen LogP contribution in [-0.2, 0) is 26.5 Å². The van der Waals surface area contributed by atoms with Gasteiger partial charge in [0.1, 0.15) is 5.82 Å². The molecule has 1 aliphatic heterocycles. The number of hydrogen-bond donors (Lipinski definition) is 1. The second-order valence-corrected chi connectivity index (χ2v) is 11.7.